The van der Waals surface area contributed by atoms with Gasteiger partial charge in [-0.15, -0.1) is 11.3 Å². The first-order chi connectivity index (χ1) is 21.9. The third-order valence-electron chi connectivity index (χ3n) is 6.70. The van der Waals surface area contributed by atoms with E-state index in [1.54, 1.807) is 24.3 Å². The van der Waals surface area contributed by atoms with Gasteiger partial charge in [-0.1, -0.05) is 5.16 Å². The van der Waals surface area contributed by atoms with Crippen molar-refractivity contribution >= 4 is 56.1 Å². The normalized spacial score (nSPS) is 19.6. The number of amides is 2. The molecule has 22 heteroatoms. The van der Waals surface area contributed by atoms with Crippen molar-refractivity contribution in [2.24, 2.45) is 15.9 Å². The lowest BCUT2D eigenvalue weighted by atomic mass is 9.98. The second kappa shape index (κ2) is 13.4. The zero-order chi connectivity index (χ0) is 33.0. The van der Waals surface area contributed by atoms with Gasteiger partial charge in [-0.3, -0.25) is 23.8 Å². The van der Waals surface area contributed by atoms with Crippen LogP contribution in [0.5, 0.6) is 5.75 Å². The van der Waals surface area contributed by atoms with Gasteiger partial charge in [-0.25, -0.2) is 19.1 Å². The molecular weight excluding hydrogens is 650 g/mol. The van der Waals surface area contributed by atoms with Gasteiger partial charge in [-0.2, -0.15) is 13.5 Å². The Morgan fingerprint density at radius 3 is 2.57 bits per heavy atom. The number of carboxylic acids is 1. The standard InChI is InChI=1S/C24H27N11O9S2/c25-20(30-13-5-27-6-13)12-1-3-14(4-2-12)43-8-17(23(38)39)44-33-18(15-9-45-24(26)31-15)21(36)32-19-16(7-34-11-28-10-29-34)35(22(19)37)46(40,41)42/h1-4,9-11,13,16-17,19,27H,5-8H2,(H2,25,30)(H2,26,31)(H,32,36)(H,38,39)(H,40,41,42)/t16-,17-,19-/m0/s1. The summed E-state index contributed by atoms with van der Waals surface area (Å²) in [6.45, 7) is 0.694. The van der Waals surface area contributed by atoms with Crippen LogP contribution < -0.4 is 26.8 Å². The molecule has 3 atom stereocenters. The van der Waals surface area contributed by atoms with Gasteiger partial charge >= 0.3 is 16.3 Å². The molecule has 0 saturated carbocycles. The minimum atomic E-state index is -4.98. The quantitative estimate of drug-likeness (QED) is 0.0336. The first kappa shape index (κ1) is 32.2. The van der Waals surface area contributed by atoms with Crippen LogP contribution in [0.2, 0.25) is 0 Å². The number of oxime groups is 1. The summed E-state index contributed by atoms with van der Waals surface area (Å²) < 4.78 is 40.1. The fourth-order valence-electron chi connectivity index (χ4n) is 4.26. The molecule has 0 unspecified atom stereocenters. The van der Waals surface area contributed by atoms with E-state index in [1.165, 1.54) is 16.4 Å². The molecule has 2 amide bonds. The summed E-state index contributed by atoms with van der Waals surface area (Å²) in [6, 6.07) is 3.80. The number of nitrogens with two attached hydrogens (primary N) is 2. The molecule has 1 aromatic carbocycles. The molecular formula is C24H27N11O9S2. The van der Waals surface area contributed by atoms with Crippen molar-refractivity contribution in [2.75, 3.05) is 25.4 Å². The summed E-state index contributed by atoms with van der Waals surface area (Å²) >= 11 is 0.938. The van der Waals surface area contributed by atoms with E-state index in [0.29, 0.717) is 11.4 Å². The largest absolute Gasteiger partial charge is 0.489 e. The minimum absolute atomic E-state index is 0.0356. The van der Waals surface area contributed by atoms with E-state index in [2.05, 4.69) is 35.8 Å². The number of hydrogen-bond acceptors (Lipinski definition) is 15. The predicted molar refractivity (Wildman–Crippen MR) is 159 cm³/mol. The van der Waals surface area contributed by atoms with Crippen molar-refractivity contribution in [2.45, 2.75) is 30.8 Å². The highest BCUT2D eigenvalue weighted by molar-refractivity contribution is 7.84. The van der Waals surface area contributed by atoms with Gasteiger partial charge in [0.1, 0.15) is 42.6 Å². The average Bonchev–Trinajstić information content (AvgIpc) is 3.66. The number of aliphatic imine (C=N–C) groups is 1. The Balaban J connectivity index is 1.28. The van der Waals surface area contributed by atoms with Crippen molar-refractivity contribution in [1.82, 2.24) is 34.7 Å². The fourth-order valence-corrected chi connectivity index (χ4v) is 5.68. The molecule has 2 aliphatic heterocycles. The van der Waals surface area contributed by atoms with E-state index in [4.69, 9.17) is 21.0 Å². The molecule has 0 spiro atoms. The van der Waals surface area contributed by atoms with Gasteiger partial charge in [0, 0.05) is 24.0 Å². The van der Waals surface area contributed by atoms with Crippen molar-refractivity contribution in [1.29, 1.82) is 0 Å². The number of carboxylic acid groups (broad SMARTS) is 1. The lowest BCUT2D eigenvalue weighted by Crippen LogP contribution is -2.73. The number of benzene rings is 1. The van der Waals surface area contributed by atoms with Gasteiger partial charge in [0.05, 0.1) is 18.6 Å². The summed E-state index contributed by atoms with van der Waals surface area (Å²) in [5, 5.41) is 24.0. The second-order valence-corrected chi connectivity index (χ2v) is 12.0. The number of anilines is 1. The number of carbonyl (C=O) groups is 3. The van der Waals surface area contributed by atoms with Gasteiger partial charge in [-0.05, 0) is 24.3 Å². The van der Waals surface area contributed by atoms with E-state index in [9.17, 15) is 32.5 Å². The number of thiazole rings is 1. The fraction of sp³-hybridized carbons (Fsp3) is 0.333. The van der Waals surface area contributed by atoms with Crippen LogP contribution in [-0.2, 0) is 36.1 Å². The monoisotopic (exact) mass is 677 g/mol. The van der Waals surface area contributed by atoms with Crippen LogP contribution in [0.1, 0.15) is 11.3 Å². The van der Waals surface area contributed by atoms with Crippen LogP contribution in [0.4, 0.5) is 5.13 Å². The third kappa shape index (κ3) is 7.36. The van der Waals surface area contributed by atoms with Crippen molar-refractivity contribution in [3.8, 4) is 5.75 Å². The smallest absolute Gasteiger partial charge is 0.362 e. The van der Waals surface area contributed by atoms with E-state index in [-0.39, 0.29) is 33.5 Å². The molecule has 2 fully saturated rings. The highest BCUT2D eigenvalue weighted by Gasteiger charge is 2.54. The molecule has 2 aromatic heterocycles. The molecule has 0 bridgehead atoms. The number of aliphatic carboxylic acids is 1. The maximum Gasteiger partial charge on any atom is 0.362 e. The number of nitrogens with one attached hydrogen (secondary N) is 2. The Labute approximate surface area is 264 Å². The van der Waals surface area contributed by atoms with Crippen molar-refractivity contribution < 1.29 is 42.0 Å². The lowest BCUT2D eigenvalue weighted by molar-refractivity contribution is -0.152. The average molecular weight is 678 g/mol. The first-order valence-corrected chi connectivity index (χ1v) is 15.6. The van der Waals surface area contributed by atoms with Gasteiger partial charge in [0.15, 0.2) is 10.8 Å². The third-order valence-corrected chi connectivity index (χ3v) is 8.33. The van der Waals surface area contributed by atoms with Crippen LogP contribution in [-0.4, -0.2) is 115 Å². The highest BCUT2D eigenvalue weighted by Crippen LogP contribution is 2.25. The van der Waals surface area contributed by atoms with E-state index >= 15 is 0 Å². The van der Waals surface area contributed by atoms with E-state index < -0.39 is 58.6 Å². The number of carbonyl (C=O) groups excluding carboxylic acids is 2. The summed E-state index contributed by atoms with van der Waals surface area (Å²) in [4.78, 5) is 55.2. The predicted octanol–water partition coefficient (Wildman–Crippen LogP) is -2.55. The zero-order valence-electron chi connectivity index (χ0n) is 23.5. The summed E-state index contributed by atoms with van der Waals surface area (Å²) in [7, 11) is -4.98. The molecule has 2 aliphatic rings. The number of β-lactam (4-membered cyclic amide) rings is 1. The zero-order valence-corrected chi connectivity index (χ0v) is 25.2. The highest BCUT2D eigenvalue weighted by atomic mass is 32.2. The Hall–Kier alpha value is -5.19. The Kier molecular flexibility index (Phi) is 9.41. The maximum absolute atomic E-state index is 13.3. The molecule has 8 N–H and O–H groups in total. The number of amidine groups is 1. The number of rotatable bonds is 14. The molecule has 5 rings (SSSR count). The number of aromatic nitrogens is 4. The maximum atomic E-state index is 13.3. The van der Waals surface area contributed by atoms with Gasteiger partial charge in [0.2, 0.25) is 0 Å². The number of ether oxygens (including phenoxy) is 1. The summed E-state index contributed by atoms with van der Waals surface area (Å²) in [6.07, 6.45) is 0.692. The summed E-state index contributed by atoms with van der Waals surface area (Å²) in [5.41, 5.74) is 11.7. The number of hydrogen-bond donors (Lipinski definition) is 6. The van der Waals surface area contributed by atoms with E-state index in [1.807, 2.05) is 0 Å². The van der Waals surface area contributed by atoms with Gasteiger partial charge < -0.3 is 36.8 Å². The Morgan fingerprint density at radius 1 is 1.26 bits per heavy atom. The molecule has 46 heavy (non-hydrogen) atoms. The van der Waals surface area contributed by atoms with Crippen LogP contribution >= 0.6 is 11.3 Å². The first-order valence-electron chi connectivity index (χ1n) is 13.3. The van der Waals surface area contributed by atoms with Crippen LogP contribution in [0, 0.1) is 0 Å². The lowest BCUT2D eigenvalue weighted by Gasteiger charge is -2.43. The van der Waals surface area contributed by atoms with Crippen LogP contribution in [0.3, 0.4) is 0 Å². The van der Waals surface area contributed by atoms with Crippen molar-refractivity contribution in [3.05, 3.63) is 53.6 Å². The summed E-state index contributed by atoms with van der Waals surface area (Å²) in [5.74, 6) is -3.06. The Morgan fingerprint density at radius 2 is 2.00 bits per heavy atom. The number of nitrogens with zero attached hydrogens (tertiary/aromatic N) is 7. The van der Waals surface area contributed by atoms with E-state index in [0.717, 1.165) is 30.8 Å². The number of nitrogen functional groups attached to an aromatic ring is 1. The van der Waals surface area contributed by atoms with Crippen LogP contribution in [0.25, 0.3) is 0 Å². The topological polar surface area (TPSA) is 292 Å². The molecule has 2 saturated heterocycles. The molecule has 244 valence electrons. The molecule has 20 nitrogen and oxygen atoms in total. The van der Waals surface area contributed by atoms with Gasteiger partial charge in [0.25, 0.3) is 17.9 Å². The minimum Gasteiger partial charge on any atom is -0.489 e. The van der Waals surface area contributed by atoms with Crippen LogP contribution in [0.15, 0.2) is 52.4 Å². The molecule has 0 aliphatic carbocycles. The SMILES string of the molecule is NC(=NC1CNC1)c1ccc(OC[C@H](ON=C(C(=O)N[C@@H]2C(=O)N(S(=O)(=O)O)[C@H]2Cn2cncn2)c2csc(N)n2)C(=O)O)cc1. The molecule has 4 heterocycles. The molecule has 0 radical (unpaired) electrons. The second-order valence-electron chi connectivity index (χ2n) is 9.85. The Bertz CT molecular complexity index is 1760. The molecule has 3 aromatic rings. The van der Waals surface area contributed by atoms with Crippen molar-refractivity contribution in [3.63, 3.8) is 0 Å².